The zero-order chi connectivity index (χ0) is 9.84. The monoisotopic (exact) mass is 368 g/mol. The van der Waals surface area contributed by atoms with Gasteiger partial charge in [0.25, 0.3) is 0 Å². The molecule has 2 nitrogen and oxygen atoms in total. The normalized spacial score (nSPS) is 9.77. The minimum absolute atomic E-state index is 0.660. The van der Waals surface area contributed by atoms with Crippen molar-refractivity contribution in [2.75, 3.05) is 11.9 Å². The predicted octanol–water partition coefficient (Wildman–Crippen LogP) is 3.93. The Balaban J connectivity index is 2.72. The number of rotatable bonds is 3. The van der Waals surface area contributed by atoms with Crippen LogP contribution >= 0.6 is 47.8 Å². The standard InChI is InChI=1S/C8H7Br3N2/c1-5(9)3-12-8-7(11)2-6(10)4-13-8/h2,4H,1,3H2,(H,12,13). The van der Waals surface area contributed by atoms with Crippen molar-refractivity contribution in [2.45, 2.75) is 0 Å². The van der Waals surface area contributed by atoms with E-state index in [0.29, 0.717) is 6.54 Å². The number of hydrogen-bond donors (Lipinski definition) is 1. The van der Waals surface area contributed by atoms with E-state index in [0.717, 1.165) is 19.2 Å². The van der Waals surface area contributed by atoms with E-state index in [-0.39, 0.29) is 0 Å². The molecule has 0 radical (unpaired) electrons. The zero-order valence-corrected chi connectivity index (χ0v) is 11.4. The van der Waals surface area contributed by atoms with Gasteiger partial charge in [0.15, 0.2) is 0 Å². The van der Waals surface area contributed by atoms with Gasteiger partial charge in [-0.25, -0.2) is 4.98 Å². The molecule has 70 valence electrons. The molecule has 0 saturated carbocycles. The number of pyridine rings is 1. The Morgan fingerprint density at radius 1 is 1.54 bits per heavy atom. The van der Waals surface area contributed by atoms with Gasteiger partial charge in [-0.2, -0.15) is 0 Å². The SMILES string of the molecule is C=C(Br)CNc1ncc(Br)cc1Br. The van der Waals surface area contributed by atoms with E-state index in [1.54, 1.807) is 6.20 Å². The van der Waals surface area contributed by atoms with Crippen LogP contribution in [0.2, 0.25) is 0 Å². The van der Waals surface area contributed by atoms with Crippen LogP contribution in [0.15, 0.2) is 32.3 Å². The summed E-state index contributed by atoms with van der Waals surface area (Å²) in [6.07, 6.45) is 1.74. The van der Waals surface area contributed by atoms with Crippen molar-refractivity contribution in [1.82, 2.24) is 4.98 Å². The quantitative estimate of drug-likeness (QED) is 0.872. The lowest BCUT2D eigenvalue weighted by Gasteiger charge is -2.06. The molecule has 5 heteroatoms. The molecule has 0 aliphatic carbocycles. The van der Waals surface area contributed by atoms with Gasteiger partial charge in [0.1, 0.15) is 5.82 Å². The molecular weight excluding hydrogens is 364 g/mol. The van der Waals surface area contributed by atoms with Crippen LogP contribution in [0.4, 0.5) is 5.82 Å². The van der Waals surface area contributed by atoms with E-state index in [1.807, 2.05) is 6.07 Å². The van der Waals surface area contributed by atoms with Crippen molar-refractivity contribution < 1.29 is 0 Å². The largest absolute Gasteiger partial charge is 0.365 e. The number of aromatic nitrogens is 1. The second-order valence-corrected chi connectivity index (χ2v) is 5.25. The Labute approximate surface area is 102 Å². The predicted molar refractivity (Wildman–Crippen MR) is 66.2 cm³/mol. The maximum absolute atomic E-state index is 4.18. The summed E-state index contributed by atoms with van der Waals surface area (Å²) in [4.78, 5) is 4.18. The molecule has 0 bridgehead atoms. The molecule has 0 aliphatic rings. The zero-order valence-electron chi connectivity index (χ0n) is 6.65. The third kappa shape index (κ3) is 3.79. The first-order valence-electron chi connectivity index (χ1n) is 3.48. The lowest BCUT2D eigenvalue weighted by atomic mass is 10.4. The second kappa shape index (κ2) is 5.12. The smallest absolute Gasteiger partial charge is 0.140 e. The first-order valence-corrected chi connectivity index (χ1v) is 5.85. The van der Waals surface area contributed by atoms with Crippen LogP contribution in [0, 0.1) is 0 Å². The van der Waals surface area contributed by atoms with Crippen molar-refractivity contribution >= 4 is 53.6 Å². The average Bonchev–Trinajstić information content (AvgIpc) is 2.02. The van der Waals surface area contributed by atoms with Gasteiger partial charge in [-0.05, 0) is 37.9 Å². The molecule has 1 aromatic heterocycles. The molecule has 0 unspecified atom stereocenters. The third-order valence-corrected chi connectivity index (χ3v) is 2.57. The van der Waals surface area contributed by atoms with Crippen LogP contribution in [-0.4, -0.2) is 11.5 Å². The summed E-state index contributed by atoms with van der Waals surface area (Å²) in [5.41, 5.74) is 0. The van der Waals surface area contributed by atoms with Crippen molar-refractivity contribution in [2.24, 2.45) is 0 Å². The van der Waals surface area contributed by atoms with E-state index in [4.69, 9.17) is 0 Å². The highest BCUT2D eigenvalue weighted by Crippen LogP contribution is 2.23. The lowest BCUT2D eigenvalue weighted by Crippen LogP contribution is -2.02. The van der Waals surface area contributed by atoms with E-state index < -0.39 is 0 Å². The minimum Gasteiger partial charge on any atom is -0.365 e. The van der Waals surface area contributed by atoms with E-state index >= 15 is 0 Å². The number of anilines is 1. The highest BCUT2D eigenvalue weighted by molar-refractivity contribution is 9.11. The number of hydrogen-bond acceptors (Lipinski definition) is 2. The maximum atomic E-state index is 4.18. The molecule has 0 amide bonds. The Morgan fingerprint density at radius 2 is 2.23 bits per heavy atom. The van der Waals surface area contributed by atoms with Crippen LogP contribution in [0.25, 0.3) is 0 Å². The highest BCUT2D eigenvalue weighted by Gasteiger charge is 2.00. The molecule has 0 aromatic carbocycles. The molecule has 0 atom stereocenters. The van der Waals surface area contributed by atoms with E-state index in [1.165, 1.54) is 0 Å². The van der Waals surface area contributed by atoms with Crippen molar-refractivity contribution in [3.05, 3.63) is 32.3 Å². The molecular formula is C8H7Br3N2. The summed E-state index contributed by atoms with van der Waals surface area (Å²) < 4.78 is 2.77. The van der Waals surface area contributed by atoms with Gasteiger partial charge in [-0.3, -0.25) is 0 Å². The number of halogens is 3. The first kappa shape index (κ1) is 11.2. The van der Waals surface area contributed by atoms with Gasteiger partial charge in [0.05, 0.1) is 4.47 Å². The molecule has 1 aromatic rings. The van der Waals surface area contributed by atoms with Crippen LogP contribution in [0.1, 0.15) is 0 Å². The molecule has 1 heterocycles. The Kier molecular flexibility index (Phi) is 4.41. The van der Waals surface area contributed by atoms with Crippen molar-refractivity contribution in [3.63, 3.8) is 0 Å². The summed E-state index contributed by atoms with van der Waals surface area (Å²) in [7, 11) is 0. The summed E-state index contributed by atoms with van der Waals surface area (Å²) in [5, 5.41) is 3.11. The van der Waals surface area contributed by atoms with Gasteiger partial charge < -0.3 is 5.32 Å². The lowest BCUT2D eigenvalue weighted by molar-refractivity contribution is 1.20. The summed E-state index contributed by atoms with van der Waals surface area (Å²) in [5.74, 6) is 0.809. The number of nitrogens with zero attached hydrogens (tertiary/aromatic N) is 1. The average molecular weight is 371 g/mol. The molecule has 0 fully saturated rings. The molecule has 0 aliphatic heterocycles. The second-order valence-electron chi connectivity index (χ2n) is 2.35. The molecule has 0 spiro atoms. The number of nitrogens with one attached hydrogen (secondary N) is 1. The van der Waals surface area contributed by atoms with Gasteiger partial charge in [-0.15, -0.1) is 0 Å². The summed E-state index contributed by atoms with van der Waals surface area (Å²) >= 11 is 9.99. The van der Waals surface area contributed by atoms with Crippen molar-refractivity contribution in [3.8, 4) is 0 Å². The van der Waals surface area contributed by atoms with E-state index in [2.05, 4.69) is 64.7 Å². The fourth-order valence-electron chi connectivity index (χ4n) is 0.724. The Bertz CT molecular complexity index is 325. The van der Waals surface area contributed by atoms with Gasteiger partial charge in [0, 0.05) is 21.7 Å². The Hall–Kier alpha value is 0.130. The molecule has 1 N–H and O–H groups in total. The van der Waals surface area contributed by atoms with Crippen LogP contribution < -0.4 is 5.32 Å². The maximum Gasteiger partial charge on any atom is 0.140 e. The van der Waals surface area contributed by atoms with Gasteiger partial charge in [-0.1, -0.05) is 22.5 Å². The first-order chi connectivity index (χ1) is 6.09. The van der Waals surface area contributed by atoms with Gasteiger partial charge in [0.2, 0.25) is 0 Å². The highest BCUT2D eigenvalue weighted by atomic mass is 79.9. The van der Waals surface area contributed by atoms with Crippen LogP contribution in [0.3, 0.4) is 0 Å². The van der Waals surface area contributed by atoms with Crippen LogP contribution in [0.5, 0.6) is 0 Å². The minimum atomic E-state index is 0.660. The third-order valence-electron chi connectivity index (χ3n) is 1.26. The Morgan fingerprint density at radius 3 is 2.77 bits per heavy atom. The topological polar surface area (TPSA) is 24.9 Å². The van der Waals surface area contributed by atoms with Gasteiger partial charge >= 0.3 is 0 Å². The molecule has 13 heavy (non-hydrogen) atoms. The molecule has 0 saturated heterocycles. The fraction of sp³-hybridized carbons (Fsp3) is 0.125. The summed E-state index contributed by atoms with van der Waals surface area (Å²) in [6.45, 7) is 4.38. The van der Waals surface area contributed by atoms with Crippen molar-refractivity contribution in [1.29, 1.82) is 0 Å². The molecule has 1 rings (SSSR count). The van der Waals surface area contributed by atoms with E-state index in [9.17, 15) is 0 Å². The fourth-order valence-corrected chi connectivity index (χ4v) is 1.99. The van der Waals surface area contributed by atoms with Crippen LogP contribution in [-0.2, 0) is 0 Å². The summed E-state index contributed by atoms with van der Waals surface area (Å²) in [6, 6.07) is 1.94.